The first-order valence-corrected chi connectivity index (χ1v) is 11.5. The number of rotatable bonds is 12. The van der Waals surface area contributed by atoms with E-state index >= 15 is 0 Å². The number of aromatic amines is 1. The third-order valence-corrected chi connectivity index (χ3v) is 5.69. The molecule has 0 radical (unpaired) electrons. The number of aliphatic hydroxyl groups is 1. The number of fused-ring (bicyclic) bond motifs is 1. The van der Waals surface area contributed by atoms with Gasteiger partial charge in [0.15, 0.2) is 0 Å². The van der Waals surface area contributed by atoms with Crippen molar-refractivity contribution < 1.29 is 34.5 Å². The molecule has 3 amide bonds. The molecule has 37 heavy (non-hydrogen) atoms. The van der Waals surface area contributed by atoms with Gasteiger partial charge in [0.25, 0.3) is 0 Å². The Labute approximate surface area is 211 Å². The summed E-state index contributed by atoms with van der Waals surface area (Å²) in [6, 6.07) is 9.96. The SMILES string of the molecule is NC(Cc1ccc(O)cc1)C(=O)NC(Cc1c[nH]c2ccccc12)C(=O)NC(CO)C(=O)NCC(=O)O. The highest BCUT2D eigenvalue weighted by molar-refractivity contribution is 5.94. The molecule has 0 saturated carbocycles. The number of amides is 3. The predicted molar refractivity (Wildman–Crippen MR) is 133 cm³/mol. The van der Waals surface area contributed by atoms with Crippen molar-refractivity contribution in [1.82, 2.24) is 20.9 Å². The number of para-hydroxylation sites is 1. The number of phenols is 1. The molecule has 3 unspecified atom stereocenters. The fraction of sp³-hybridized carbons (Fsp3) is 0.280. The summed E-state index contributed by atoms with van der Waals surface area (Å²) in [5.74, 6) is -3.49. The lowest BCUT2D eigenvalue weighted by molar-refractivity contribution is -0.138. The fourth-order valence-electron chi connectivity index (χ4n) is 3.74. The average molecular weight is 512 g/mol. The summed E-state index contributed by atoms with van der Waals surface area (Å²) < 4.78 is 0. The minimum atomic E-state index is -1.43. The van der Waals surface area contributed by atoms with Gasteiger partial charge in [0.05, 0.1) is 12.6 Å². The largest absolute Gasteiger partial charge is 0.508 e. The number of aromatic hydroxyl groups is 1. The number of carboxylic acids is 1. The molecule has 2 aromatic carbocycles. The highest BCUT2D eigenvalue weighted by Gasteiger charge is 2.29. The normalized spacial score (nSPS) is 13.4. The van der Waals surface area contributed by atoms with Crippen LogP contribution < -0.4 is 21.7 Å². The molecule has 0 saturated heterocycles. The molecule has 3 atom stereocenters. The van der Waals surface area contributed by atoms with Crippen molar-refractivity contribution in [2.75, 3.05) is 13.2 Å². The van der Waals surface area contributed by atoms with Crippen molar-refractivity contribution in [3.8, 4) is 5.75 Å². The lowest BCUT2D eigenvalue weighted by Crippen LogP contribution is -2.57. The van der Waals surface area contributed by atoms with Crippen LogP contribution in [-0.2, 0) is 32.0 Å². The maximum absolute atomic E-state index is 13.2. The van der Waals surface area contributed by atoms with Crippen molar-refractivity contribution in [2.24, 2.45) is 5.73 Å². The molecule has 12 heteroatoms. The number of hydrogen-bond donors (Lipinski definition) is 8. The Morgan fingerprint density at radius 3 is 2.24 bits per heavy atom. The minimum Gasteiger partial charge on any atom is -0.508 e. The van der Waals surface area contributed by atoms with Crippen LogP contribution in [0.2, 0.25) is 0 Å². The molecule has 0 spiro atoms. The molecule has 0 aliphatic rings. The van der Waals surface area contributed by atoms with Crippen molar-refractivity contribution in [2.45, 2.75) is 31.0 Å². The van der Waals surface area contributed by atoms with Gasteiger partial charge in [-0.05, 0) is 35.7 Å². The summed E-state index contributed by atoms with van der Waals surface area (Å²) in [5.41, 5.74) is 8.32. The molecule has 0 aliphatic heterocycles. The van der Waals surface area contributed by atoms with Gasteiger partial charge in [-0.25, -0.2) is 0 Å². The minimum absolute atomic E-state index is 0.0441. The highest BCUT2D eigenvalue weighted by Crippen LogP contribution is 2.19. The number of aliphatic hydroxyl groups excluding tert-OH is 1. The quantitative estimate of drug-likeness (QED) is 0.153. The number of aromatic nitrogens is 1. The van der Waals surface area contributed by atoms with Crippen LogP contribution in [0, 0.1) is 0 Å². The van der Waals surface area contributed by atoms with Gasteiger partial charge in [0, 0.05) is 23.5 Å². The first-order chi connectivity index (χ1) is 17.7. The second-order valence-electron chi connectivity index (χ2n) is 8.46. The molecule has 196 valence electrons. The van der Waals surface area contributed by atoms with E-state index in [1.165, 1.54) is 12.1 Å². The number of hydrogen-bond acceptors (Lipinski definition) is 7. The van der Waals surface area contributed by atoms with Crippen LogP contribution >= 0.6 is 0 Å². The molecule has 12 nitrogen and oxygen atoms in total. The summed E-state index contributed by atoms with van der Waals surface area (Å²) in [6.45, 7) is -1.47. The molecular formula is C25H29N5O7. The molecule has 3 aromatic rings. The molecule has 0 fully saturated rings. The molecule has 0 bridgehead atoms. The van der Waals surface area contributed by atoms with Crippen molar-refractivity contribution in [3.63, 3.8) is 0 Å². The zero-order chi connectivity index (χ0) is 26.9. The summed E-state index contributed by atoms with van der Waals surface area (Å²) in [7, 11) is 0. The van der Waals surface area contributed by atoms with Gasteiger partial charge in [-0.15, -0.1) is 0 Å². The molecule has 0 aliphatic carbocycles. The van der Waals surface area contributed by atoms with Gasteiger partial charge >= 0.3 is 5.97 Å². The summed E-state index contributed by atoms with van der Waals surface area (Å²) in [4.78, 5) is 52.1. The number of aliphatic carboxylic acids is 1. The lowest BCUT2D eigenvalue weighted by atomic mass is 10.0. The molecule has 3 rings (SSSR count). The van der Waals surface area contributed by atoms with Crippen molar-refractivity contribution >= 4 is 34.6 Å². The van der Waals surface area contributed by atoms with Gasteiger partial charge in [0.1, 0.15) is 24.4 Å². The van der Waals surface area contributed by atoms with E-state index in [1.54, 1.807) is 18.3 Å². The Hall–Kier alpha value is -4.42. The second-order valence-corrected chi connectivity index (χ2v) is 8.46. The van der Waals surface area contributed by atoms with Crippen LogP contribution in [0.15, 0.2) is 54.7 Å². The number of phenolic OH excluding ortho intramolecular Hbond substituents is 1. The Morgan fingerprint density at radius 2 is 1.57 bits per heavy atom. The maximum atomic E-state index is 13.2. The van der Waals surface area contributed by atoms with E-state index in [0.29, 0.717) is 5.56 Å². The predicted octanol–water partition coefficient (Wildman–Crippen LogP) is -0.851. The second kappa shape index (κ2) is 12.5. The zero-order valence-electron chi connectivity index (χ0n) is 19.8. The van der Waals surface area contributed by atoms with Gasteiger partial charge < -0.3 is 42.0 Å². The average Bonchev–Trinajstić information content (AvgIpc) is 3.29. The summed E-state index contributed by atoms with van der Waals surface area (Å²) in [5, 5.41) is 35.7. The number of carboxylic acid groups (broad SMARTS) is 1. The Bertz CT molecular complexity index is 1260. The Kier molecular flexibility index (Phi) is 9.19. The Morgan fingerprint density at radius 1 is 0.892 bits per heavy atom. The van der Waals surface area contributed by atoms with Crippen molar-refractivity contribution in [3.05, 3.63) is 65.9 Å². The first kappa shape index (κ1) is 27.2. The summed E-state index contributed by atoms with van der Waals surface area (Å²) >= 11 is 0. The number of H-pyrrole nitrogens is 1. The molecular weight excluding hydrogens is 482 g/mol. The zero-order valence-corrected chi connectivity index (χ0v) is 19.8. The molecule has 1 aromatic heterocycles. The molecule has 1 heterocycles. The van der Waals surface area contributed by atoms with Crippen LogP contribution in [0.5, 0.6) is 5.75 Å². The van der Waals surface area contributed by atoms with Crippen LogP contribution in [0.3, 0.4) is 0 Å². The summed E-state index contributed by atoms with van der Waals surface area (Å²) in [6.07, 6.45) is 1.89. The highest BCUT2D eigenvalue weighted by atomic mass is 16.4. The standard InChI is InChI=1S/C25H29N5O7/c26-18(9-14-5-7-16(32)8-6-14)23(35)29-20(10-15-11-27-19-4-2-1-3-17(15)19)25(37)30-21(13-31)24(36)28-12-22(33)34/h1-8,11,18,20-21,27,31-32H,9-10,12-13,26H2,(H,28,36)(H,29,35)(H,30,37)(H,33,34). The van der Waals surface area contributed by atoms with E-state index in [1.807, 2.05) is 24.3 Å². The Balaban J connectivity index is 1.77. The van der Waals surface area contributed by atoms with Crippen LogP contribution in [0.4, 0.5) is 0 Å². The third-order valence-electron chi connectivity index (χ3n) is 5.69. The van der Waals surface area contributed by atoms with Gasteiger partial charge in [-0.1, -0.05) is 30.3 Å². The first-order valence-electron chi connectivity index (χ1n) is 11.5. The fourth-order valence-corrected chi connectivity index (χ4v) is 3.74. The van der Waals surface area contributed by atoms with Gasteiger partial charge in [-0.3, -0.25) is 19.2 Å². The lowest BCUT2D eigenvalue weighted by Gasteiger charge is -2.23. The monoisotopic (exact) mass is 511 g/mol. The number of carbonyl (C=O) groups is 4. The van der Waals surface area contributed by atoms with Crippen molar-refractivity contribution in [1.29, 1.82) is 0 Å². The maximum Gasteiger partial charge on any atom is 0.322 e. The number of nitrogens with one attached hydrogen (secondary N) is 4. The van der Waals surface area contributed by atoms with Crippen LogP contribution in [0.1, 0.15) is 11.1 Å². The molecule has 9 N–H and O–H groups in total. The van der Waals surface area contributed by atoms with Gasteiger partial charge in [-0.2, -0.15) is 0 Å². The number of benzene rings is 2. The topological polar surface area (TPSA) is 207 Å². The smallest absolute Gasteiger partial charge is 0.322 e. The number of carbonyl (C=O) groups excluding carboxylic acids is 3. The number of nitrogens with two attached hydrogens (primary N) is 1. The van der Waals surface area contributed by atoms with E-state index in [4.69, 9.17) is 10.8 Å². The van der Waals surface area contributed by atoms with Crippen LogP contribution in [-0.4, -0.2) is 75.3 Å². The van der Waals surface area contributed by atoms with E-state index in [0.717, 1.165) is 16.5 Å². The van der Waals surface area contributed by atoms with E-state index in [-0.39, 0.29) is 18.6 Å². The van der Waals surface area contributed by atoms with Gasteiger partial charge in [0.2, 0.25) is 17.7 Å². The van der Waals surface area contributed by atoms with E-state index in [9.17, 15) is 29.4 Å². The van der Waals surface area contributed by atoms with E-state index < -0.39 is 55.0 Å². The van der Waals surface area contributed by atoms with E-state index in [2.05, 4.69) is 20.9 Å². The van der Waals surface area contributed by atoms with Crippen LogP contribution in [0.25, 0.3) is 10.9 Å². The third kappa shape index (κ3) is 7.53.